The van der Waals surface area contributed by atoms with E-state index in [2.05, 4.69) is 0 Å². The monoisotopic (exact) mass is 188 g/mol. The van der Waals surface area contributed by atoms with Gasteiger partial charge in [-0.05, 0) is 18.8 Å². The summed E-state index contributed by atoms with van der Waals surface area (Å²) in [4.78, 5) is 10.8. The fourth-order valence-corrected chi connectivity index (χ4v) is 1.44. The summed E-state index contributed by atoms with van der Waals surface area (Å²) in [6.07, 6.45) is 1.23. The summed E-state index contributed by atoms with van der Waals surface area (Å²) in [5.41, 5.74) is 0. The van der Waals surface area contributed by atoms with Gasteiger partial charge in [-0.25, -0.2) is 0 Å². The number of carboxylic acid groups (broad SMARTS) is 1. The van der Waals surface area contributed by atoms with Crippen molar-refractivity contribution in [3.63, 3.8) is 0 Å². The molecule has 3 heteroatoms. The third-order valence-electron chi connectivity index (χ3n) is 2.09. The van der Waals surface area contributed by atoms with Crippen LogP contribution in [0.15, 0.2) is 0 Å². The van der Waals surface area contributed by atoms with Gasteiger partial charge in [0.05, 0.1) is 12.0 Å². The molecule has 0 aliphatic carbocycles. The average Bonchev–Trinajstić information content (AvgIpc) is 1.97. The Morgan fingerprint density at radius 3 is 2.23 bits per heavy atom. The van der Waals surface area contributed by atoms with E-state index >= 15 is 0 Å². The maximum absolute atomic E-state index is 10.8. The highest BCUT2D eigenvalue weighted by Gasteiger charge is 2.25. The molecule has 2 N–H and O–H groups in total. The second-order valence-electron chi connectivity index (χ2n) is 3.93. The van der Waals surface area contributed by atoms with E-state index in [-0.39, 0.29) is 0 Å². The minimum atomic E-state index is -0.880. The van der Waals surface area contributed by atoms with Crippen molar-refractivity contribution in [1.82, 2.24) is 0 Å². The van der Waals surface area contributed by atoms with Crippen LogP contribution in [0.1, 0.15) is 40.0 Å². The summed E-state index contributed by atoms with van der Waals surface area (Å²) < 4.78 is 0. The molecule has 0 saturated carbocycles. The summed E-state index contributed by atoms with van der Waals surface area (Å²) in [7, 11) is 0. The fraction of sp³-hybridized carbons (Fsp3) is 0.900. The van der Waals surface area contributed by atoms with Gasteiger partial charge >= 0.3 is 5.97 Å². The number of rotatable bonds is 6. The van der Waals surface area contributed by atoms with Crippen molar-refractivity contribution < 1.29 is 15.0 Å². The zero-order valence-electron chi connectivity index (χ0n) is 8.66. The van der Waals surface area contributed by atoms with Crippen LogP contribution in [0, 0.1) is 11.8 Å². The maximum atomic E-state index is 10.8. The molecule has 0 saturated heterocycles. The molecular formula is C10H20O3. The fourth-order valence-electron chi connectivity index (χ4n) is 1.44. The highest BCUT2D eigenvalue weighted by atomic mass is 16.4. The maximum Gasteiger partial charge on any atom is 0.309 e. The second-order valence-corrected chi connectivity index (χ2v) is 3.93. The molecule has 0 aliphatic heterocycles. The van der Waals surface area contributed by atoms with Gasteiger partial charge in [0, 0.05) is 0 Å². The summed E-state index contributed by atoms with van der Waals surface area (Å²) in [6, 6.07) is 0. The number of carbonyl (C=O) groups is 1. The van der Waals surface area contributed by atoms with Gasteiger partial charge in [0.1, 0.15) is 0 Å². The van der Waals surface area contributed by atoms with E-state index in [0.29, 0.717) is 18.8 Å². The summed E-state index contributed by atoms with van der Waals surface area (Å²) in [5.74, 6) is -1.13. The predicted octanol–water partition coefficient (Wildman–Crippen LogP) is 1.89. The highest BCUT2D eigenvalue weighted by Crippen LogP contribution is 2.18. The van der Waals surface area contributed by atoms with Crippen LogP contribution in [0.4, 0.5) is 0 Å². The molecule has 2 unspecified atom stereocenters. The van der Waals surface area contributed by atoms with Crippen LogP contribution in [0.5, 0.6) is 0 Å². The minimum Gasteiger partial charge on any atom is -0.481 e. The average molecular weight is 188 g/mol. The predicted molar refractivity (Wildman–Crippen MR) is 51.5 cm³/mol. The normalized spacial score (nSPS) is 15.8. The molecule has 0 aromatic carbocycles. The van der Waals surface area contributed by atoms with Crippen LogP contribution in [-0.4, -0.2) is 22.3 Å². The van der Waals surface area contributed by atoms with Crippen LogP contribution < -0.4 is 0 Å². The first-order valence-corrected chi connectivity index (χ1v) is 4.89. The molecule has 0 radical (unpaired) electrons. The van der Waals surface area contributed by atoms with Crippen LogP contribution in [0.2, 0.25) is 0 Å². The van der Waals surface area contributed by atoms with Crippen molar-refractivity contribution in [1.29, 1.82) is 0 Å². The van der Waals surface area contributed by atoms with Crippen molar-refractivity contribution >= 4 is 5.97 Å². The first-order chi connectivity index (χ1) is 5.99. The van der Waals surface area contributed by atoms with E-state index in [9.17, 15) is 9.90 Å². The van der Waals surface area contributed by atoms with Gasteiger partial charge in [-0.2, -0.15) is 0 Å². The molecule has 3 nitrogen and oxygen atoms in total. The van der Waals surface area contributed by atoms with E-state index in [1.54, 1.807) is 0 Å². The Kier molecular flexibility index (Phi) is 5.71. The Hall–Kier alpha value is -0.570. The highest BCUT2D eigenvalue weighted by molar-refractivity contribution is 5.70. The summed E-state index contributed by atoms with van der Waals surface area (Å²) >= 11 is 0. The van der Waals surface area contributed by atoms with Crippen LogP contribution in [-0.2, 0) is 4.79 Å². The van der Waals surface area contributed by atoms with Gasteiger partial charge < -0.3 is 10.2 Å². The summed E-state index contributed by atoms with van der Waals surface area (Å²) in [5, 5.41) is 18.4. The molecule has 2 atom stereocenters. The van der Waals surface area contributed by atoms with Crippen molar-refractivity contribution in [2.24, 2.45) is 11.8 Å². The topological polar surface area (TPSA) is 57.5 Å². The van der Waals surface area contributed by atoms with Gasteiger partial charge in [0.2, 0.25) is 0 Å². The molecule has 0 rings (SSSR count). The zero-order chi connectivity index (χ0) is 10.4. The Morgan fingerprint density at radius 1 is 1.38 bits per heavy atom. The zero-order valence-corrected chi connectivity index (χ0v) is 8.66. The third-order valence-corrected chi connectivity index (χ3v) is 2.09. The lowest BCUT2D eigenvalue weighted by atomic mass is 9.91. The number of aliphatic carboxylic acids is 1. The van der Waals surface area contributed by atoms with Gasteiger partial charge in [-0.15, -0.1) is 0 Å². The second kappa shape index (κ2) is 5.97. The molecular weight excluding hydrogens is 168 g/mol. The number of aliphatic hydroxyl groups is 1. The standard InChI is InChI=1S/C10H20O3/c1-4-5-8(10(12)13)9(11)6-7(2)3/h7-9,11H,4-6H2,1-3H3,(H,12,13). The van der Waals surface area contributed by atoms with Crippen molar-refractivity contribution in [3.8, 4) is 0 Å². The van der Waals surface area contributed by atoms with E-state index in [4.69, 9.17) is 5.11 Å². The Morgan fingerprint density at radius 2 is 1.92 bits per heavy atom. The summed E-state index contributed by atoms with van der Waals surface area (Å²) in [6.45, 7) is 5.89. The minimum absolute atomic E-state index is 0.341. The first kappa shape index (κ1) is 12.4. The lowest BCUT2D eigenvalue weighted by Gasteiger charge is -2.19. The molecule has 0 bridgehead atoms. The molecule has 13 heavy (non-hydrogen) atoms. The SMILES string of the molecule is CCCC(C(=O)O)C(O)CC(C)C. The molecule has 0 amide bonds. The molecule has 0 heterocycles. The van der Waals surface area contributed by atoms with E-state index in [1.807, 2.05) is 20.8 Å². The lowest BCUT2D eigenvalue weighted by molar-refractivity contribution is -0.146. The van der Waals surface area contributed by atoms with Gasteiger partial charge in [-0.1, -0.05) is 27.2 Å². The molecule has 0 spiro atoms. The van der Waals surface area contributed by atoms with Crippen LogP contribution in [0.25, 0.3) is 0 Å². The number of carboxylic acids is 1. The largest absolute Gasteiger partial charge is 0.481 e. The Labute approximate surface area is 79.8 Å². The molecule has 78 valence electrons. The first-order valence-electron chi connectivity index (χ1n) is 4.89. The smallest absolute Gasteiger partial charge is 0.309 e. The number of aliphatic hydroxyl groups excluding tert-OH is 1. The van der Waals surface area contributed by atoms with Crippen LogP contribution >= 0.6 is 0 Å². The van der Waals surface area contributed by atoms with E-state index < -0.39 is 18.0 Å². The quantitative estimate of drug-likeness (QED) is 0.669. The number of hydrogen-bond acceptors (Lipinski definition) is 2. The van der Waals surface area contributed by atoms with Crippen molar-refractivity contribution in [2.75, 3.05) is 0 Å². The van der Waals surface area contributed by atoms with Crippen molar-refractivity contribution in [3.05, 3.63) is 0 Å². The van der Waals surface area contributed by atoms with Gasteiger partial charge in [-0.3, -0.25) is 4.79 Å². The molecule has 0 aromatic heterocycles. The van der Waals surface area contributed by atoms with Gasteiger partial charge in [0.15, 0.2) is 0 Å². The van der Waals surface area contributed by atoms with E-state index in [1.165, 1.54) is 0 Å². The van der Waals surface area contributed by atoms with Gasteiger partial charge in [0.25, 0.3) is 0 Å². The lowest BCUT2D eigenvalue weighted by Crippen LogP contribution is -2.29. The van der Waals surface area contributed by atoms with Crippen molar-refractivity contribution in [2.45, 2.75) is 46.1 Å². The Bertz CT molecular complexity index is 154. The Balaban J connectivity index is 4.10. The van der Waals surface area contributed by atoms with E-state index in [0.717, 1.165) is 6.42 Å². The molecule has 0 fully saturated rings. The number of hydrogen-bond donors (Lipinski definition) is 2. The third kappa shape index (κ3) is 4.88. The molecule has 0 aliphatic rings. The van der Waals surface area contributed by atoms with Crippen LogP contribution in [0.3, 0.4) is 0 Å². The molecule has 0 aromatic rings.